The van der Waals surface area contributed by atoms with Gasteiger partial charge in [-0.2, -0.15) is 0 Å². The number of ether oxygens (including phenoxy) is 1. The fourth-order valence-corrected chi connectivity index (χ4v) is 4.05. The van der Waals surface area contributed by atoms with E-state index in [4.69, 9.17) is 4.74 Å². The normalized spacial score (nSPS) is 13.4. The molecule has 0 aromatic heterocycles. The van der Waals surface area contributed by atoms with Crippen molar-refractivity contribution in [1.29, 1.82) is 0 Å². The molecule has 0 aliphatic carbocycles. The number of aliphatic carboxylic acids is 2. The summed E-state index contributed by atoms with van der Waals surface area (Å²) >= 11 is 0. The highest BCUT2D eigenvalue weighted by molar-refractivity contribution is 5.82. The quantitative estimate of drug-likeness (QED) is 0.318. The number of carboxylic acid groups (broad SMARTS) is 2. The summed E-state index contributed by atoms with van der Waals surface area (Å²) in [4.78, 5) is 24.1. The lowest BCUT2D eigenvalue weighted by Gasteiger charge is -2.27. The van der Waals surface area contributed by atoms with Crippen LogP contribution in [-0.2, 0) is 9.59 Å². The van der Waals surface area contributed by atoms with Gasteiger partial charge in [0.05, 0.1) is 18.4 Å². The van der Waals surface area contributed by atoms with E-state index < -0.39 is 23.8 Å². The molecule has 2 atom stereocenters. The van der Waals surface area contributed by atoms with E-state index in [1.807, 2.05) is 27.7 Å². The molecule has 2 N–H and O–H groups in total. The SMILES string of the molecule is CCCCCCCCCOc1cccc(C(C(=O)O)C(C)C)c1C(C(=O)O)C(C)C. The van der Waals surface area contributed by atoms with Crippen LogP contribution in [0.15, 0.2) is 18.2 Å². The van der Waals surface area contributed by atoms with Gasteiger partial charge in [0.2, 0.25) is 0 Å². The topological polar surface area (TPSA) is 83.8 Å². The van der Waals surface area contributed by atoms with Crippen LogP contribution in [0.2, 0.25) is 0 Å². The third kappa shape index (κ3) is 7.66. The molecule has 30 heavy (non-hydrogen) atoms. The summed E-state index contributed by atoms with van der Waals surface area (Å²) in [5.41, 5.74) is 1.07. The molecular formula is C25H40O5. The molecule has 5 heteroatoms. The largest absolute Gasteiger partial charge is 0.493 e. The Morgan fingerprint density at radius 2 is 1.37 bits per heavy atom. The third-order valence-electron chi connectivity index (χ3n) is 5.62. The van der Waals surface area contributed by atoms with Crippen LogP contribution >= 0.6 is 0 Å². The smallest absolute Gasteiger partial charge is 0.311 e. The highest BCUT2D eigenvalue weighted by atomic mass is 16.5. The van der Waals surface area contributed by atoms with Crippen molar-refractivity contribution in [2.45, 2.75) is 91.4 Å². The summed E-state index contributed by atoms with van der Waals surface area (Å²) in [5.74, 6) is -3.33. The number of carboxylic acids is 2. The van der Waals surface area contributed by atoms with Crippen molar-refractivity contribution in [2.75, 3.05) is 6.61 Å². The Kier molecular flexibility index (Phi) is 11.5. The maximum Gasteiger partial charge on any atom is 0.311 e. The molecule has 2 unspecified atom stereocenters. The monoisotopic (exact) mass is 420 g/mol. The molecule has 1 aromatic rings. The van der Waals surface area contributed by atoms with Gasteiger partial charge in [-0.3, -0.25) is 9.59 Å². The molecule has 0 amide bonds. The van der Waals surface area contributed by atoms with Crippen molar-refractivity contribution in [3.63, 3.8) is 0 Å². The minimum absolute atomic E-state index is 0.166. The van der Waals surface area contributed by atoms with Gasteiger partial charge in [0.1, 0.15) is 5.75 Å². The van der Waals surface area contributed by atoms with Crippen LogP contribution in [0.1, 0.15) is 103 Å². The third-order valence-corrected chi connectivity index (χ3v) is 5.62. The van der Waals surface area contributed by atoms with E-state index in [1.165, 1.54) is 32.1 Å². The number of carbonyl (C=O) groups is 2. The summed E-state index contributed by atoms with van der Waals surface area (Å²) in [6.45, 7) is 10.1. The van der Waals surface area contributed by atoms with Crippen LogP contribution in [0.25, 0.3) is 0 Å². The molecular weight excluding hydrogens is 380 g/mol. The van der Waals surface area contributed by atoms with Gasteiger partial charge >= 0.3 is 11.9 Å². The highest BCUT2D eigenvalue weighted by Crippen LogP contribution is 2.40. The Bertz CT molecular complexity index is 666. The van der Waals surface area contributed by atoms with E-state index in [-0.39, 0.29) is 11.8 Å². The maximum atomic E-state index is 12.1. The van der Waals surface area contributed by atoms with Crippen molar-refractivity contribution >= 4 is 11.9 Å². The first kappa shape index (κ1) is 26.0. The van der Waals surface area contributed by atoms with Gasteiger partial charge in [0.15, 0.2) is 0 Å². The molecule has 0 saturated carbocycles. The fraction of sp³-hybridized carbons (Fsp3) is 0.680. The average Bonchev–Trinajstić information content (AvgIpc) is 2.64. The standard InChI is InChI=1S/C25H40O5/c1-6-7-8-9-10-11-12-16-30-20-15-13-14-19(21(17(2)3)24(26)27)23(20)22(18(4)5)25(28)29/h13-15,17-18,21-22H,6-12,16H2,1-5H3,(H,26,27)(H,28,29). The zero-order valence-corrected chi connectivity index (χ0v) is 19.3. The van der Waals surface area contributed by atoms with Crippen molar-refractivity contribution < 1.29 is 24.5 Å². The second-order valence-electron chi connectivity index (χ2n) is 8.85. The van der Waals surface area contributed by atoms with Gasteiger partial charge in [-0.25, -0.2) is 0 Å². The van der Waals surface area contributed by atoms with Gasteiger partial charge in [0.25, 0.3) is 0 Å². The van der Waals surface area contributed by atoms with Gasteiger partial charge in [0, 0.05) is 5.56 Å². The Labute approximate surface area is 181 Å². The predicted octanol–water partition coefficient (Wildman–Crippen LogP) is 6.46. The molecule has 0 aliphatic heterocycles. The molecule has 5 nitrogen and oxygen atoms in total. The summed E-state index contributed by atoms with van der Waals surface area (Å²) in [6.07, 6.45) is 8.17. The van der Waals surface area contributed by atoms with Gasteiger partial charge in [-0.15, -0.1) is 0 Å². The number of hydrogen-bond acceptors (Lipinski definition) is 3. The lowest BCUT2D eigenvalue weighted by atomic mass is 9.78. The van der Waals surface area contributed by atoms with Gasteiger partial charge in [-0.05, 0) is 29.9 Å². The Hall–Kier alpha value is -2.04. The molecule has 0 radical (unpaired) electrons. The summed E-state index contributed by atoms with van der Waals surface area (Å²) in [7, 11) is 0. The lowest BCUT2D eigenvalue weighted by molar-refractivity contribution is -0.141. The van der Waals surface area contributed by atoms with Crippen LogP contribution < -0.4 is 4.74 Å². The molecule has 1 rings (SSSR count). The van der Waals surface area contributed by atoms with Gasteiger partial charge < -0.3 is 14.9 Å². The Morgan fingerprint density at radius 1 is 0.833 bits per heavy atom. The maximum absolute atomic E-state index is 12.1. The minimum Gasteiger partial charge on any atom is -0.493 e. The Balaban J connectivity index is 3.09. The van der Waals surface area contributed by atoms with E-state index in [0.717, 1.165) is 12.8 Å². The zero-order valence-electron chi connectivity index (χ0n) is 19.3. The first-order valence-electron chi connectivity index (χ1n) is 11.4. The number of benzene rings is 1. The van der Waals surface area contributed by atoms with Crippen LogP contribution in [-0.4, -0.2) is 28.8 Å². The lowest BCUT2D eigenvalue weighted by Crippen LogP contribution is -2.25. The molecule has 0 aliphatic rings. The fourth-order valence-electron chi connectivity index (χ4n) is 4.05. The predicted molar refractivity (Wildman–Crippen MR) is 120 cm³/mol. The first-order valence-corrected chi connectivity index (χ1v) is 11.4. The second-order valence-corrected chi connectivity index (χ2v) is 8.85. The first-order chi connectivity index (χ1) is 14.2. The van der Waals surface area contributed by atoms with Crippen LogP contribution in [0.4, 0.5) is 0 Å². The van der Waals surface area contributed by atoms with Crippen molar-refractivity contribution in [3.8, 4) is 5.75 Å². The Morgan fingerprint density at radius 3 is 1.87 bits per heavy atom. The number of unbranched alkanes of at least 4 members (excludes halogenated alkanes) is 6. The van der Waals surface area contributed by atoms with Gasteiger partial charge in [-0.1, -0.05) is 85.3 Å². The summed E-state index contributed by atoms with van der Waals surface area (Å²) < 4.78 is 6.04. The molecule has 0 fully saturated rings. The number of rotatable bonds is 15. The van der Waals surface area contributed by atoms with Crippen molar-refractivity contribution in [1.82, 2.24) is 0 Å². The summed E-state index contributed by atoms with van der Waals surface area (Å²) in [5, 5.41) is 19.7. The van der Waals surface area contributed by atoms with E-state index in [2.05, 4.69) is 6.92 Å². The summed E-state index contributed by atoms with van der Waals surface area (Å²) in [6, 6.07) is 5.29. The van der Waals surface area contributed by atoms with Crippen LogP contribution in [0.5, 0.6) is 5.75 Å². The van der Waals surface area contributed by atoms with E-state index in [9.17, 15) is 19.8 Å². The highest BCUT2D eigenvalue weighted by Gasteiger charge is 2.35. The van der Waals surface area contributed by atoms with E-state index in [0.29, 0.717) is 23.5 Å². The van der Waals surface area contributed by atoms with Crippen LogP contribution in [0, 0.1) is 11.8 Å². The minimum atomic E-state index is -0.953. The van der Waals surface area contributed by atoms with Crippen LogP contribution in [0.3, 0.4) is 0 Å². The number of hydrogen-bond donors (Lipinski definition) is 2. The molecule has 170 valence electrons. The molecule has 1 aromatic carbocycles. The molecule has 0 saturated heterocycles. The van der Waals surface area contributed by atoms with Crippen molar-refractivity contribution in [3.05, 3.63) is 29.3 Å². The molecule has 0 heterocycles. The van der Waals surface area contributed by atoms with E-state index in [1.54, 1.807) is 18.2 Å². The molecule has 0 bridgehead atoms. The second kappa shape index (κ2) is 13.3. The zero-order chi connectivity index (χ0) is 22.7. The molecule has 0 spiro atoms. The van der Waals surface area contributed by atoms with E-state index >= 15 is 0 Å². The van der Waals surface area contributed by atoms with Crippen molar-refractivity contribution in [2.24, 2.45) is 11.8 Å². The average molecular weight is 421 g/mol.